The minimum atomic E-state index is -0.466. The largest absolute Gasteiger partial charge is 0.323 e. The van der Waals surface area contributed by atoms with Gasteiger partial charge in [-0.2, -0.15) is 0 Å². The van der Waals surface area contributed by atoms with Crippen LogP contribution in [-0.4, -0.2) is 31.4 Å². The fourth-order valence-electron chi connectivity index (χ4n) is 2.04. The van der Waals surface area contributed by atoms with Gasteiger partial charge in [0.05, 0.1) is 11.4 Å². The number of aromatic nitrogens is 4. The van der Waals surface area contributed by atoms with Gasteiger partial charge in [-0.25, -0.2) is 4.39 Å². The van der Waals surface area contributed by atoms with Crippen molar-refractivity contribution in [1.82, 2.24) is 19.7 Å². The molecule has 0 fully saturated rings. The number of amides is 1. The van der Waals surface area contributed by atoms with E-state index in [4.69, 9.17) is 0 Å². The Bertz CT molecular complexity index is 853. The van der Waals surface area contributed by atoms with Crippen molar-refractivity contribution in [3.63, 3.8) is 0 Å². The molecule has 8 heteroatoms. The van der Waals surface area contributed by atoms with Gasteiger partial charge >= 0.3 is 0 Å². The van der Waals surface area contributed by atoms with Gasteiger partial charge in [0.2, 0.25) is 5.91 Å². The van der Waals surface area contributed by atoms with E-state index >= 15 is 0 Å². The molecular weight excluding hydrogens is 329 g/mol. The van der Waals surface area contributed by atoms with E-state index in [2.05, 4.69) is 20.5 Å². The smallest absolute Gasteiger partial charge is 0.234 e. The van der Waals surface area contributed by atoms with Crippen molar-refractivity contribution >= 4 is 23.4 Å². The van der Waals surface area contributed by atoms with Crippen molar-refractivity contribution in [2.45, 2.75) is 5.16 Å². The molecule has 0 saturated carbocycles. The van der Waals surface area contributed by atoms with Gasteiger partial charge in [0.15, 0.2) is 11.0 Å². The van der Waals surface area contributed by atoms with Crippen LogP contribution in [0.2, 0.25) is 0 Å². The van der Waals surface area contributed by atoms with Crippen molar-refractivity contribution in [3.8, 4) is 11.5 Å². The number of carbonyl (C=O) groups is 1. The van der Waals surface area contributed by atoms with Gasteiger partial charge in [-0.3, -0.25) is 9.78 Å². The molecule has 24 heavy (non-hydrogen) atoms. The standard InChI is InChI=1S/C16H14FN5OS/c1-22-15(13-8-4-5-9-18-13)20-21-16(22)24-10-14(23)19-12-7-3-2-6-11(12)17/h2-9H,10H2,1H3,(H,19,23). The van der Waals surface area contributed by atoms with Gasteiger partial charge < -0.3 is 9.88 Å². The number of nitrogens with one attached hydrogen (secondary N) is 1. The fraction of sp³-hybridized carbons (Fsp3) is 0.125. The number of benzene rings is 1. The zero-order chi connectivity index (χ0) is 16.9. The normalized spacial score (nSPS) is 10.6. The van der Waals surface area contributed by atoms with Crippen LogP contribution in [0.4, 0.5) is 10.1 Å². The Morgan fingerprint density at radius 1 is 1.21 bits per heavy atom. The number of rotatable bonds is 5. The first kappa shape index (κ1) is 16.1. The van der Waals surface area contributed by atoms with Gasteiger partial charge in [-0.1, -0.05) is 30.0 Å². The SMILES string of the molecule is Cn1c(SCC(=O)Nc2ccccc2F)nnc1-c1ccccn1. The van der Waals surface area contributed by atoms with Gasteiger partial charge in [-0.05, 0) is 24.3 Å². The maximum atomic E-state index is 13.5. The molecule has 3 rings (SSSR count). The van der Waals surface area contributed by atoms with Crippen LogP contribution in [-0.2, 0) is 11.8 Å². The molecule has 1 amide bonds. The lowest BCUT2D eigenvalue weighted by molar-refractivity contribution is -0.113. The molecule has 2 heterocycles. The Kier molecular flexibility index (Phi) is 4.85. The Hall–Kier alpha value is -2.74. The van der Waals surface area contributed by atoms with Gasteiger partial charge in [-0.15, -0.1) is 10.2 Å². The number of hydrogen-bond acceptors (Lipinski definition) is 5. The van der Waals surface area contributed by atoms with Crippen molar-refractivity contribution in [2.75, 3.05) is 11.1 Å². The second kappa shape index (κ2) is 7.22. The molecule has 0 bridgehead atoms. The summed E-state index contributed by atoms with van der Waals surface area (Å²) >= 11 is 1.22. The van der Waals surface area contributed by atoms with Crippen LogP contribution in [0.5, 0.6) is 0 Å². The summed E-state index contributed by atoms with van der Waals surface area (Å²) in [5.41, 5.74) is 0.866. The lowest BCUT2D eigenvalue weighted by Crippen LogP contribution is -2.15. The average Bonchev–Trinajstić information content (AvgIpc) is 2.97. The molecule has 1 aromatic carbocycles. The predicted molar refractivity (Wildman–Crippen MR) is 90.0 cm³/mol. The molecule has 0 aliphatic heterocycles. The molecule has 1 N–H and O–H groups in total. The highest BCUT2D eigenvalue weighted by atomic mass is 32.2. The second-order valence-electron chi connectivity index (χ2n) is 4.90. The number of para-hydroxylation sites is 1. The number of hydrogen-bond donors (Lipinski definition) is 1. The Labute approximate surface area is 142 Å². The fourth-order valence-corrected chi connectivity index (χ4v) is 2.75. The van der Waals surface area contributed by atoms with Gasteiger partial charge in [0.25, 0.3) is 0 Å². The summed E-state index contributed by atoms with van der Waals surface area (Å²) in [7, 11) is 1.81. The van der Waals surface area contributed by atoms with E-state index < -0.39 is 5.82 Å². The van der Waals surface area contributed by atoms with Crippen molar-refractivity contribution in [2.24, 2.45) is 7.05 Å². The highest BCUT2D eigenvalue weighted by Crippen LogP contribution is 2.21. The van der Waals surface area contributed by atoms with E-state index in [1.807, 2.05) is 18.2 Å². The zero-order valence-corrected chi connectivity index (χ0v) is 13.6. The highest BCUT2D eigenvalue weighted by Gasteiger charge is 2.14. The zero-order valence-electron chi connectivity index (χ0n) is 12.8. The van der Waals surface area contributed by atoms with Crippen LogP contribution in [0.15, 0.2) is 53.8 Å². The monoisotopic (exact) mass is 343 g/mol. The predicted octanol–water partition coefficient (Wildman–Crippen LogP) is 2.75. The summed E-state index contributed by atoms with van der Waals surface area (Å²) in [6, 6.07) is 11.6. The third-order valence-corrected chi connectivity index (χ3v) is 4.23. The summed E-state index contributed by atoms with van der Waals surface area (Å²) in [6.07, 6.45) is 1.68. The minimum Gasteiger partial charge on any atom is -0.323 e. The lowest BCUT2D eigenvalue weighted by Gasteiger charge is -2.06. The first-order chi connectivity index (χ1) is 11.6. The molecule has 2 aromatic heterocycles. The minimum absolute atomic E-state index is 0.0997. The van der Waals surface area contributed by atoms with E-state index in [0.717, 1.165) is 0 Å². The molecule has 0 aliphatic rings. The molecule has 0 unspecified atom stereocenters. The highest BCUT2D eigenvalue weighted by molar-refractivity contribution is 7.99. The molecule has 122 valence electrons. The summed E-state index contributed by atoms with van der Waals surface area (Å²) in [4.78, 5) is 16.2. The second-order valence-corrected chi connectivity index (χ2v) is 5.84. The van der Waals surface area contributed by atoms with Crippen molar-refractivity contribution in [3.05, 3.63) is 54.5 Å². The molecule has 0 aliphatic carbocycles. The first-order valence-corrected chi connectivity index (χ1v) is 8.11. The van der Waals surface area contributed by atoms with E-state index in [-0.39, 0.29) is 17.3 Å². The van der Waals surface area contributed by atoms with Crippen LogP contribution >= 0.6 is 11.8 Å². The molecular formula is C16H14FN5OS. The van der Waals surface area contributed by atoms with Crippen LogP contribution in [0.25, 0.3) is 11.5 Å². The summed E-state index contributed by atoms with van der Waals surface area (Å²) in [5, 5.41) is 11.3. The number of anilines is 1. The Morgan fingerprint density at radius 2 is 2.00 bits per heavy atom. The van der Waals surface area contributed by atoms with Crippen LogP contribution in [0, 0.1) is 5.82 Å². The molecule has 0 atom stereocenters. The maximum absolute atomic E-state index is 13.5. The van der Waals surface area contributed by atoms with E-state index in [0.29, 0.717) is 16.7 Å². The summed E-state index contributed by atoms with van der Waals surface area (Å²) in [5.74, 6) is -0.0604. The Balaban J connectivity index is 1.64. The summed E-state index contributed by atoms with van der Waals surface area (Å²) < 4.78 is 15.3. The van der Waals surface area contributed by atoms with Gasteiger partial charge in [0.1, 0.15) is 11.5 Å². The topological polar surface area (TPSA) is 72.7 Å². The van der Waals surface area contributed by atoms with E-state index in [9.17, 15) is 9.18 Å². The number of halogens is 1. The van der Waals surface area contributed by atoms with Crippen molar-refractivity contribution in [1.29, 1.82) is 0 Å². The molecule has 0 spiro atoms. The van der Waals surface area contributed by atoms with Crippen LogP contribution < -0.4 is 5.32 Å². The van der Waals surface area contributed by atoms with Gasteiger partial charge in [0, 0.05) is 13.2 Å². The van der Waals surface area contributed by atoms with E-state index in [1.165, 1.54) is 23.9 Å². The lowest BCUT2D eigenvalue weighted by atomic mass is 10.3. The quantitative estimate of drug-likeness (QED) is 0.721. The summed E-state index contributed by atoms with van der Waals surface area (Å²) in [6.45, 7) is 0. The van der Waals surface area contributed by atoms with Crippen molar-refractivity contribution < 1.29 is 9.18 Å². The average molecular weight is 343 g/mol. The molecule has 0 radical (unpaired) electrons. The number of nitrogens with zero attached hydrogens (tertiary/aromatic N) is 4. The van der Waals surface area contributed by atoms with E-state index in [1.54, 1.807) is 29.9 Å². The molecule has 3 aromatic rings. The van der Waals surface area contributed by atoms with Crippen LogP contribution in [0.3, 0.4) is 0 Å². The third kappa shape index (κ3) is 3.60. The molecule has 6 nitrogen and oxygen atoms in total. The Morgan fingerprint density at radius 3 is 2.75 bits per heavy atom. The first-order valence-electron chi connectivity index (χ1n) is 7.13. The van der Waals surface area contributed by atoms with Crippen LogP contribution in [0.1, 0.15) is 0 Å². The number of pyridine rings is 1. The number of thioether (sulfide) groups is 1. The molecule has 0 saturated heterocycles. The maximum Gasteiger partial charge on any atom is 0.234 e. The third-order valence-electron chi connectivity index (χ3n) is 3.21. The number of carbonyl (C=O) groups excluding carboxylic acids is 1.